The van der Waals surface area contributed by atoms with Crippen molar-refractivity contribution in [3.05, 3.63) is 94.8 Å². The molecule has 0 radical (unpaired) electrons. The van der Waals surface area contributed by atoms with E-state index in [-0.39, 0.29) is 5.56 Å². The third kappa shape index (κ3) is 2.72. The summed E-state index contributed by atoms with van der Waals surface area (Å²) in [7, 11) is 0. The first-order valence-electron chi connectivity index (χ1n) is 7.79. The minimum Gasteiger partial charge on any atom is -0.320 e. The predicted octanol–water partition coefficient (Wildman–Crippen LogP) is 2.69. The third-order valence-electron chi connectivity index (χ3n) is 4.00. The molecule has 4 rings (SSSR count). The van der Waals surface area contributed by atoms with Gasteiger partial charge in [-0.25, -0.2) is 4.98 Å². The van der Waals surface area contributed by atoms with E-state index in [4.69, 9.17) is 0 Å². The van der Waals surface area contributed by atoms with Crippen LogP contribution in [0.15, 0.2) is 78.1 Å². The monoisotopic (exact) mass is 316 g/mol. The van der Waals surface area contributed by atoms with Crippen molar-refractivity contribution in [1.29, 1.82) is 0 Å². The Kier molecular flexibility index (Phi) is 3.67. The third-order valence-corrected chi connectivity index (χ3v) is 4.00. The molecule has 2 aromatic carbocycles. The average Bonchev–Trinajstić information content (AvgIpc) is 3.04. The summed E-state index contributed by atoms with van der Waals surface area (Å²) < 4.78 is 3.77. The number of nitrogens with zero attached hydrogens (tertiary/aromatic N) is 4. The SMILES string of the molecule is O=c1ncn(Cc2ccccc2)c2ncn(Cc3ccccc3)c12. The number of aromatic nitrogens is 4. The first-order chi connectivity index (χ1) is 11.8. The van der Waals surface area contributed by atoms with Crippen LogP contribution < -0.4 is 5.56 Å². The molecule has 0 N–H and O–H groups in total. The smallest absolute Gasteiger partial charge is 0.298 e. The van der Waals surface area contributed by atoms with Gasteiger partial charge in [-0.3, -0.25) is 4.79 Å². The van der Waals surface area contributed by atoms with Gasteiger partial charge in [-0.05, 0) is 11.1 Å². The van der Waals surface area contributed by atoms with E-state index in [1.54, 1.807) is 12.7 Å². The van der Waals surface area contributed by atoms with Crippen molar-refractivity contribution in [2.24, 2.45) is 0 Å². The molecule has 0 aliphatic heterocycles. The molecule has 0 atom stereocenters. The lowest BCUT2D eigenvalue weighted by Crippen LogP contribution is -2.16. The van der Waals surface area contributed by atoms with Crippen molar-refractivity contribution in [2.75, 3.05) is 0 Å². The number of hydrogen-bond donors (Lipinski definition) is 0. The Balaban J connectivity index is 1.76. The highest BCUT2D eigenvalue weighted by Gasteiger charge is 2.11. The molecule has 0 aliphatic rings. The van der Waals surface area contributed by atoms with Gasteiger partial charge in [0.05, 0.1) is 12.9 Å². The molecule has 0 amide bonds. The van der Waals surface area contributed by atoms with Gasteiger partial charge in [0.2, 0.25) is 0 Å². The highest BCUT2D eigenvalue weighted by molar-refractivity contribution is 5.70. The van der Waals surface area contributed by atoms with Crippen molar-refractivity contribution in [3.8, 4) is 0 Å². The van der Waals surface area contributed by atoms with Crippen LogP contribution in [0, 0.1) is 0 Å². The van der Waals surface area contributed by atoms with Crippen LogP contribution in [0.3, 0.4) is 0 Å². The molecule has 24 heavy (non-hydrogen) atoms. The highest BCUT2D eigenvalue weighted by Crippen LogP contribution is 2.12. The summed E-state index contributed by atoms with van der Waals surface area (Å²) >= 11 is 0. The fourth-order valence-corrected chi connectivity index (χ4v) is 2.83. The number of imidazole rings is 1. The fraction of sp³-hybridized carbons (Fsp3) is 0.105. The van der Waals surface area contributed by atoms with Gasteiger partial charge in [0, 0.05) is 6.54 Å². The van der Waals surface area contributed by atoms with E-state index >= 15 is 0 Å². The Hall–Kier alpha value is -3.21. The maximum absolute atomic E-state index is 12.3. The van der Waals surface area contributed by atoms with Crippen LogP contribution in [-0.2, 0) is 13.1 Å². The zero-order chi connectivity index (χ0) is 16.4. The molecule has 5 nitrogen and oxygen atoms in total. The van der Waals surface area contributed by atoms with E-state index < -0.39 is 0 Å². The van der Waals surface area contributed by atoms with E-state index in [1.165, 1.54) is 0 Å². The first kappa shape index (κ1) is 14.4. The molecule has 0 unspecified atom stereocenters. The van der Waals surface area contributed by atoms with Crippen LogP contribution in [0.5, 0.6) is 0 Å². The summed E-state index contributed by atoms with van der Waals surface area (Å²) in [6.45, 7) is 1.23. The normalized spacial score (nSPS) is 11.0. The summed E-state index contributed by atoms with van der Waals surface area (Å²) in [5.41, 5.74) is 3.21. The van der Waals surface area contributed by atoms with E-state index in [1.807, 2.05) is 69.8 Å². The second-order valence-electron chi connectivity index (χ2n) is 5.69. The van der Waals surface area contributed by atoms with E-state index in [9.17, 15) is 4.79 Å². The van der Waals surface area contributed by atoms with Crippen molar-refractivity contribution >= 4 is 11.2 Å². The standard InChI is InChI=1S/C19H16N4O/c24-19-17-18(20-13-22(17)11-15-7-3-1-4-8-15)23(14-21-19)12-16-9-5-2-6-10-16/h1-10,13-14H,11-12H2. The van der Waals surface area contributed by atoms with Crippen molar-refractivity contribution in [1.82, 2.24) is 19.1 Å². The van der Waals surface area contributed by atoms with Crippen LogP contribution in [0.1, 0.15) is 11.1 Å². The molecule has 5 heteroatoms. The molecule has 0 spiro atoms. The molecule has 2 aromatic heterocycles. The highest BCUT2D eigenvalue weighted by atomic mass is 16.1. The minimum absolute atomic E-state index is 0.247. The lowest BCUT2D eigenvalue weighted by atomic mass is 10.2. The Morgan fingerprint density at radius 3 is 1.88 bits per heavy atom. The molecular formula is C19H16N4O. The zero-order valence-corrected chi connectivity index (χ0v) is 13.0. The number of fused-ring (bicyclic) bond motifs is 1. The van der Waals surface area contributed by atoms with Crippen LogP contribution in [0.2, 0.25) is 0 Å². The summed E-state index contributed by atoms with van der Waals surface area (Å²) in [5.74, 6) is 0. The average molecular weight is 316 g/mol. The molecule has 118 valence electrons. The predicted molar refractivity (Wildman–Crippen MR) is 92.9 cm³/mol. The van der Waals surface area contributed by atoms with Crippen LogP contribution in [0.4, 0.5) is 0 Å². The molecule has 0 aliphatic carbocycles. The van der Waals surface area contributed by atoms with Gasteiger partial charge in [0.15, 0.2) is 11.2 Å². The van der Waals surface area contributed by atoms with Gasteiger partial charge in [-0.2, -0.15) is 4.98 Å². The van der Waals surface area contributed by atoms with Gasteiger partial charge in [0.25, 0.3) is 5.56 Å². The van der Waals surface area contributed by atoms with Gasteiger partial charge in [-0.15, -0.1) is 0 Å². The van der Waals surface area contributed by atoms with Gasteiger partial charge in [-0.1, -0.05) is 60.7 Å². The minimum atomic E-state index is -0.247. The van der Waals surface area contributed by atoms with Crippen molar-refractivity contribution < 1.29 is 0 Å². The van der Waals surface area contributed by atoms with E-state index in [0.29, 0.717) is 24.3 Å². The summed E-state index contributed by atoms with van der Waals surface area (Å²) in [6.07, 6.45) is 3.28. The Morgan fingerprint density at radius 2 is 1.25 bits per heavy atom. The Morgan fingerprint density at radius 1 is 0.708 bits per heavy atom. The van der Waals surface area contributed by atoms with E-state index in [0.717, 1.165) is 11.1 Å². The molecule has 0 saturated heterocycles. The van der Waals surface area contributed by atoms with Crippen LogP contribution in [0.25, 0.3) is 11.2 Å². The van der Waals surface area contributed by atoms with Crippen LogP contribution in [-0.4, -0.2) is 19.1 Å². The van der Waals surface area contributed by atoms with Crippen LogP contribution >= 0.6 is 0 Å². The fourth-order valence-electron chi connectivity index (χ4n) is 2.83. The quantitative estimate of drug-likeness (QED) is 0.582. The zero-order valence-electron chi connectivity index (χ0n) is 13.0. The maximum atomic E-state index is 12.3. The lowest BCUT2D eigenvalue weighted by molar-refractivity contribution is 0.783. The number of hydrogen-bond acceptors (Lipinski definition) is 3. The molecule has 0 saturated carbocycles. The van der Waals surface area contributed by atoms with Gasteiger partial charge < -0.3 is 9.13 Å². The molecule has 2 heterocycles. The second kappa shape index (κ2) is 6.12. The summed E-state index contributed by atoms with van der Waals surface area (Å²) in [4.78, 5) is 20.8. The van der Waals surface area contributed by atoms with Gasteiger partial charge in [0.1, 0.15) is 6.33 Å². The summed E-state index contributed by atoms with van der Waals surface area (Å²) in [6, 6.07) is 20.1. The molecule has 0 bridgehead atoms. The lowest BCUT2D eigenvalue weighted by Gasteiger charge is -2.08. The van der Waals surface area contributed by atoms with Crippen molar-refractivity contribution in [3.63, 3.8) is 0 Å². The van der Waals surface area contributed by atoms with E-state index in [2.05, 4.69) is 9.97 Å². The topological polar surface area (TPSA) is 52.7 Å². The number of rotatable bonds is 4. The maximum Gasteiger partial charge on any atom is 0.298 e. The Labute approximate surface area is 138 Å². The summed E-state index contributed by atoms with van der Waals surface area (Å²) in [5, 5.41) is 0. The largest absolute Gasteiger partial charge is 0.320 e. The molecule has 4 aromatic rings. The Bertz CT molecular complexity index is 1020. The second-order valence-corrected chi connectivity index (χ2v) is 5.69. The molecular weight excluding hydrogens is 300 g/mol. The molecule has 0 fully saturated rings. The number of benzene rings is 2. The van der Waals surface area contributed by atoms with Crippen molar-refractivity contribution in [2.45, 2.75) is 13.1 Å². The first-order valence-corrected chi connectivity index (χ1v) is 7.79. The van der Waals surface area contributed by atoms with Gasteiger partial charge >= 0.3 is 0 Å².